The van der Waals surface area contributed by atoms with E-state index in [0.717, 1.165) is 16.1 Å². The Hall–Kier alpha value is -3.38. The zero-order chi connectivity index (χ0) is 24.2. The minimum absolute atomic E-state index is 0.179. The molecule has 0 aliphatic carbocycles. The average Bonchev–Trinajstić information content (AvgIpc) is 3.26. The zero-order valence-corrected chi connectivity index (χ0v) is 20.4. The van der Waals surface area contributed by atoms with Gasteiger partial charge in [0.1, 0.15) is 28.3 Å². The molecular weight excluding hydrogens is 468 g/mol. The first-order valence-corrected chi connectivity index (χ1v) is 12.3. The van der Waals surface area contributed by atoms with E-state index < -0.39 is 22.0 Å². The second-order valence-electron chi connectivity index (χ2n) is 6.90. The molecule has 0 fully saturated rings. The molecule has 1 aromatic heterocycles. The molecule has 0 saturated heterocycles. The normalized spacial score (nSPS) is 12.0. The van der Waals surface area contributed by atoms with Crippen molar-refractivity contribution in [1.29, 1.82) is 0 Å². The van der Waals surface area contributed by atoms with E-state index in [1.165, 1.54) is 38.5 Å². The standard InChI is InChI=1S/C21H24N4O6S2/c1-13(25(33(5,27)28)17-12-16(30-3)10-11-18(17)31-4)19(26)22-21-24-23-20(32-21)14-6-8-15(29-2)9-7-14/h6-13H,1-5H3,(H,22,24,26)/t13-/m0/s1. The molecule has 3 rings (SSSR count). The fourth-order valence-corrected chi connectivity index (χ4v) is 5.01. The van der Waals surface area contributed by atoms with E-state index in [2.05, 4.69) is 15.5 Å². The average molecular weight is 493 g/mol. The second-order valence-corrected chi connectivity index (χ2v) is 9.74. The molecule has 0 radical (unpaired) electrons. The lowest BCUT2D eigenvalue weighted by atomic mass is 10.2. The molecule has 0 saturated carbocycles. The first-order chi connectivity index (χ1) is 15.7. The van der Waals surface area contributed by atoms with Crippen LogP contribution in [0.3, 0.4) is 0 Å². The van der Waals surface area contributed by atoms with Gasteiger partial charge in [0, 0.05) is 11.6 Å². The molecule has 33 heavy (non-hydrogen) atoms. The molecule has 1 heterocycles. The van der Waals surface area contributed by atoms with Crippen LogP contribution in [0.1, 0.15) is 6.92 Å². The monoisotopic (exact) mass is 492 g/mol. The summed E-state index contributed by atoms with van der Waals surface area (Å²) in [5, 5.41) is 11.6. The van der Waals surface area contributed by atoms with Gasteiger partial charge in [-0.3, -0.25) is 14.4 Å². The van der Waals surface area contributed by atoms with Gasteiger partial charge in [0.2, 0.25) is 21.1 Å². The number of amides is 1. The van der Waals surface area contributed by atoms with Crippen molar-refractivity contribution in [2.75, 3.05) is 37.2 Å². The Kier molecular flexibility index (Phi) is 7.39. The van der Waals surface area contributed by atoms with Crippen LogP contribution in [0.5, 0.6) is 17.2 Å². The molecule has 1 atom stereocenters. The summed E-state index contributed by atoms with van der Waals surface area (Å²) in [5.74, 6) is 0.820. The van der Waals surface area contributed by atoms with E-state index in [9.17, 15) is 13.2 Å². The quantitative estimate of drug-likeness (QED) is 0.484. The number of carbonyl (C=O) groups is 1. The van der Waals surface area contributed by atoms with Gasteiger partial charge in [-0.05, 0) is 43.3 Å². The van der Waals surface area contributed by atoms with Crippen molar-refractivity contribution in [3.8, 4) is 27.8 Å². The Morgan fingerprint density at radius 3 is 2.21 bits per heavy atom. The van der Waals surface area contributed by atoms with Crippen LogP contribution in [0.15, 0.2) is 42.5 Å². The molecule has 0 bridgehead atoms. The molecule has 0 unspecified atom stereocenters. The number of hydrogen-bond acceptors (Lipinski definition) is 9. The van der Waals surface area contributed by atoms with Crippen molar-refractivity contribution in [3.63, 3.8) is 0 Å². The van der Waals surface area contributed by atoms with Crippen LogP contribution in [0.25, 0.3) is 10.6 Å². The minimum atomic E-state index is -3.86. The molecule has 176 valence electrons. The number of ether oxygens (including phenoxy) is 3. The highest BCUT2D eigenvalue weighted by atomic mass is 32.2. The second kappa shape index (κ2) is 10.0. The van der Waals surface area contributed by atoms with Crippen molar-refractivity contribution in [3.05, 3.63) is 42.5 Å². The van der Waals surface area contributed by atoms with Crippen molar-refractivity contribution < 1.29 is 27.4 Å². The van der Waals surface area contributed by atoms with Crippen LogP contribution in [-0.2, 0) is 14.8 Å². The van der Waals surface area contributed by atoms with Crippen molar-refractivity contribution in [2.24, 2.45) is 0 Å². The Bertz CT molecular complexity index is 1230. The molecule has 0 aliphatic heterocycles. The highest BCUT2D eigenvalue weighted by Gasteiger charge is 2.32. The van der Waals surface area contributed by atoms with Gasteiger partial charge in [0.15, 0.2) is 0 Å². The van der Waals surface area contributed by atoms with Gasteiger partial charge in [-0.15, -0.1) is 10.2 Å². The number of sulfonamides is 1. The van der Waals surface area contributed by atoms with E-state index in [4.69, 9.17) is 14.2 Å². The molecule has 10 nitrogen and oxygen atoms in total. The Morgan fingerprint density at radius 2 is 1.64 bits per heavy atom. The van der Waals surface area contributed by atoms with Crippen LogP contribution >= 0.6 is 11.3 Å². The Balaban J connectivity index is 1.86. The lowest BCUT2D eigenvalue weighted by Crippen LogP contribution is -2.45. The first kappa shape index (κ1) is 24.3. The van der Waals surface area contributed by atoms with Gasteiger partial charge >= 0.3 is 0 Å². The summed E-state index contributed by atoms with van der Waals surface area (Å²) in [5.41, 5.74) is 0.985. The van der Waals surface area contributed by atoms with Crippen LogP contribution in [0.2, 0.25) is 0 Å². The predicted molar refractivity (Wildman–Crippen MR) is 127 cm³/mol. The maximum atomic E-state index is 13.0. The third-order valence-corrected chi connectivity index (χ3v) is 6.82. The van der Waals surface area contributed by atoms with Crippen LogP contribution in [-0.4, -0.2) is 58.1 Å². The Morgan fingerprint density at radius 1 is 1.00 bits per heavy atom. The van der Waals surface area contributed by atoms with E-state index in [-0.39, 0.29) is 16.6 Å². The summed E-state index contributed by atoms with van der Waals surface area (Å²) in [7, 11) is 0.591. The smallest absolute Gasteiger partial charge is 0.249 e. The Labute approximate surface area is 196 Å². The molecule has 0 aliphatic rings. The fraction of sp³-hybridized carbons (Fsp3) is 0.286. The number of carbonyl (C=O) groups excluding carboxylic acids is 1. The number of anilines is 2. The van der Waals surface area contributed by atoms with E-state index >= 15 is 0 Å². The highest BCUT2D eigenvalue weighted by molar-refractivity contribution is 7.92. The first-order valence-electron chi connectivity index (χ1n) is 9.68. The summed E-state index contributed by atoms with van der Waals surface area (Å²) in [6.07, 6.45) is 1.02. The van der Waals surface area contributed by atoms with Crippen molar-refractivity contribution in [2.45, 2.75) is 13.0 Å². The maximum Gasteiger partial charge on any atom is 0.249 e. The molecule has 2 aromatic carbocycles. The van der Waals surface area contributed by atoms with Crippen LogP contribution < -0.4 is 23.8 Å². The van der Waals surface area contributed by atoms with Gasteiger partial charge in [0.05, 0.1) is 33.3 Å². The molecule has 0 spiro atoms. The molecule has 1 N–H and O–H groups in total. The minimum Gasteiger partial charge on any atom is -0.497 e. The number of nitrogens with zero attached hydrogens (tertiary/aromatic N) is 3. The third-order valence-electron chi connectivity index (χ3n) is 4.70. The molecule has 1 amide bonds. The van der Waals surface area contributed by atoms with Gasteiger partial charge in [0.25, 0.3) is 0 Å². The van der Waals surface area contributed by atoms with Crippen LogP contribution in [0.4, 0.5) is 10.8 Å². The molecule has 12 heteroatoms. The number of nitrogens with one attached hydrogen (secondary N) is 1. The summed E-state index contributed by atoms with van der Waals surface area (Å²) < 4.78 is 42.0. The zero-order valence-electron chi connectivity index (χ0n) is 18.7. The van der Waals surface area contributed by atoms with Crippen LogP contribution in [0, 0.1) is 0 Å². The number of rotatable bonds is 9. The van der Waals surface area contributed by atoms with E-state index in [0.29, 0.717) is 16.5 Å². The lowest BCUT2D eigenvalue weighted by molar-refractivity contribution is -0.116. The number of methoxy groups -OCH3 is 3. The lowest BCUT2D eigenvalue weighted by Gasteiger charge is -2.29. The SMILES string of the molecule is COc1ccc(-c2nnc(NC(=O)[C@H](C)N(c3cc(OC)ccc3OC)S(C)(=O)=O)s2)cc1. The van der Waals surface area contributed by atoms with Crippen molar-refractivity contribution in [1.82, 2.24) is 10.2 Å². The van der Waals surface area contributed by atoms with Gasteiger partial charge in [-0.25, -0.2) is 8.42 Å². The summed E-state index contributed by atoms with van der Waals surface area (Å²) in [6, 6.07) is 10.8. The van der Waals surface area contributed by atoms with Gasteiger partial charge in [-0.1, -0.05) is 11.3 Å². The summed E-state index contributed by atoms with van der Waals surface area (Å²) in [4.78, 5) is 13.0. The molecule has 3 aromatic rings. The molecular formula is C21H24N4O6S2. The number of aromatic nitrogens is 2. The predicted octanol–water partition coefficient (Wildman–Crippen LogP) is 3.02. The summed E-state index contributed by atoms with van der Waals surface area (Å²) in [6.45, 7) is 1.47. The van der Waals surface area contributed by atoms with Gasteiger partial charge in [-0.2, -0.15) is 0 Å². The number of hydrogen-bond donors (Lipinski definition) is 1. The van der Waals surface area contributed by atoms with E-state index in [1.807, 2.05) is 12.1 Å². The van der Waals surface area contributed by atoms with Crippen molar-refractivity contribution >= 4 is 38.1 Å². The summed E-state index contributed by atoms with van der Waals surface area (Å²) >= 11 is 1.17. The largest absolute Gasteiger partial charge is 0.497 e. The van der Waals surface area contributed by atoms with Gasteiger partial charge < -0.3 is 14.2 Å². The number of benzene rings is 2. The highest BCUT2D eigenvalue weighted by Crippen LogP contribution is 2.35. The fourth-order valence-electron chi connectivity index (χ4n) is 3.08. The topological polar surface area (TPSA) is 120 Å². The van der Waals surface area contributed by atoms with E-state index in [1.54, 1.807) is 31.4 Å². The third kappa shape index (κ3) is 5.52. The maximum absolute atomic E-state index is 13.0.